The summed E-state index contributed by atoms with van der Waals surface area (Å²) < 4.78 is 1.34. The molecular weight excluding hydrogens is 409 g/mol. The molecule has 0 aromatic rings. The number of carbonyl (C=O) groups is 1. The molecule has 0 atom stereocenters. The van der Waals surface area contributed by atoms with E-state index in [0.717, 1.165) is 24.1 Å². The Labute approximate surface area is 161 Å². The van der Waals surface area contributed by atoms with Gasteiger partial charge in [-0.25, -0.2) is 0 Å². The molecule has 1 N–H and O–H groups in total. The van der Waals surface area contributed by atoms with Gasteiger partial charge in [-0.05, 0) is 63.5 Å². The van der Waals surface area contributed by atoms with Gasteiger partial charge in [0.15, 0.2) is 0 Å². The fourth-order valence-electron chi connectivity index (χ4n) is 3.46. The lowest BCUT2D eigenvalue weighted by molar-refractivity contribution is -0.125. The third-order valence-corrected chi connectivity index (χ3v) is 6.36. The molecule has 0 bridgehead atoms. The lowest BCUT2D eigenvalue weighted by Crippen LogP contribution is -2.31. The van der Waals surface area contributed by atoms with Crippen LogP contribution in [0, 0.1) is 10.8 Å². The topological polar surface area (TPSA) is 29.1 Å². The molecule has 24 heavy (non-hydrogen) atoms. The normalized spacial score (nSPS) is 21.3. The summed E-state index contributed by atoms with van der Waals surface area (Å²) in [5.74, 6) is 0.300. The van der Waals surface area contributed by atoms with Crippen molar-refractivity contribution in [3.05, 3.63) is 33.2 Å². The van der Waals surface area contributed by atoms with Crippen LogP contribution >= 0.6 is 22.6 Å². The van der Waals surface area contributed by atoms with Crippen molar-refractivity contribution in [2.45, 2.75) is 79.1 Å². The Morgan fingerprint density at radius 2 is 1.88 bits per heavy atom. The highest BCUT2D eigenvalue weighted by molar-refractivity contribution is 14.1. The first kappa shape index (κ1) is 19.7. The summed E-state index contributed by atoms with van der Waals surface area (Å²) in [4.78, 5) is 12.5. The van der Waals surface area contributed by atoms with Crippen molar-refractivity contribution < 1.29 is 4.79 Å². The van der Waals surface area contributed by atoms with Crippen LogP contribution in [-0.4, -0.2) is 5.78 Å². The zero-order valence-corrected chi connectivity index (χ0v) is 17.9. The molecule has 2 aliphatic carbocycles. The Kier molecular flexibility index (Phi) is 6.38. The van der Waals surface area contributed by atoms with Crippen LogP contribution in [0.3, 0.4) is 0 Å². The van der Waals surface area contributed by atoms with Gasteiger partial charge in [-0.2, -0.15) is 0 Å². The van der Waals surface area contributed by atoms with E-state index in [4.69, 9.17) is 0 Å². The third-order valence-electron chi connectivity index (χ3n) is 5.51. The Morgan fingerprint density at radius 1 is 1.25 bits per heavy atom. The number of ketones is 1. The minimum atomic E-state index is -0.290. The van der Waals surface area contributed by atoms with Crippen LogP contribution in [-0.2, 0) is 4.79 Å². The number of nitrogens with one attached hydrogen (secondary N) is 1. The van der Waals surface area contributed by atoms with E-state index < -0.39 is 0 Å². The summed E-state index contributed by atoms with van der Waals surface area (Å²) >= 11 is 2.39. The van der Waals surface area contributed by atoms with Gasteiger partial charge in [0.25, 0.3) is 0 Å². The second-order valence-electron chi connectivity index (χ2n) is 8.67. The Morgan fingerprint density at radius 3 is 2.46 bits per heavy atom. The first-order valence-corrected chi connectivity index (χ1v) is 10.3. The van der Waals surface area contributed by atoms with Gasteiger partial charge in [0.05, 0.1) is 0 Å². The maximum atomic E-state index is 12.5. The van der Waals surface area contributed by atoms with E-state index in [1.807, 2.05) is 20.8 Å². The average Bonchev–Trinajstić information content (AvgIpc) is 2.49. The fraction of sp³-hybridized carbons (Fsp3) is 0.667. The maximum absolute atomic E-state index is 12.5. The van der Waals surface area contributed by atoms with Gasteiger partial charge in [-0.3, -0.25) is 4.79 Å². The van der Waals surface area contributed by atoms with Gasteiger partial charge in [-0.15, -0.1) is 0 Å². The molecule has 0 saturated heterocycles. The summed E-state index contributed by atoms with van der Waals surface area (Å²) in [6, 6.07) is 0. The first-order valence-electron chi connectivity index (χ1n) is 9.20. The lowest BCUT2D eigenvalue weighted by Gasteiger charge is -2.37. The van der Waals surface area contributed by atoms with Gasteiger partial charge in [0, 0.05) is 28.6 Å². The molecule has 2 aliphatic rings. The summed E-state index contributed by atoms with van der Waals surface area (Å²) in [5.41, 5.74) is 3.42. The minimum Gasteiger partial charge on any atom is -0.362 e. The zero-order chi connectivity index (χ0) is 18.0. The number of hydrogen-bond donors (Lipinski definition) is 1. The number of rotatable bonds is 5. The second kappa shape index (κ2) is 7.76. The van der Waals surface area contributed by atoms with E-state index in [9.17, 15) is 4.79 Å². The van der Waals surface area contributed by atoms with Crippen LogP contribution in [0.2, 0.25) is 0 Å². The number of allylic oxidation sites excluding steroid dienone is 5. The lowest BCUT2D eigenvalue weighted by atomic mass is 9.73. The van der Waals surface area contributed by atoms with Crippen molar-refractivity contribution >= 4 is 28.4 Å². The highest BCUT2D eigenvalue weighted by Gasteiger charge is 2.31. The molecule has 0 amide bonds. The molecule has 2 rings (SSSR count). The van der Waals surface area contributed by atoms with Crippen molar-refractivity contribution in [1.82, 2.24) is 5.32 Å². The predicted octanol–water partition coefficient (Wildman–Crippen LogP) is 6.43. The smallest absolute Gasteiger partial charge is 0.142 e. The fourth-order valence-corrected chi connectivity index (χ4v) is 4.10. The molecule has 0 aromatic carbocycles. The van der Waals surface area contributed by atoms with E-state index in [2.05, 4.69) is 47.5 Å². The molecule has 0 aromatic heterocycles. The van der Waals surface area contributed by atoms with Crippen molar-refractivity contribution in [1.29, 1.82) is 0 Å². The molecule has 1 fully saturated rings. The Hall–Kier alpha value is -0.580. The van der Waals surface area contributed by atoms with Crippen molar-refractivity contribution in [3.63, 3.8) is 0 Å². The number of carbonyl (C=O) groups excluding carboxylic acids is 1. The highest BCUT2D eigenvalue weighted by Crippen LogP contribution is 2.41. The average molecular weight is 441 g/mol. The highest BCUT2D eigenvalue weighted by atomic mass is 127. The molecule has 0 heterocycles. The van der Waals surface area contributed by atoms with Gasteiger partial charge in [0.1, 0.15) is 5.78 Å². The van der Waals surface area contributed by atoms with Gasteiger partial charge >= 0.3 is 0 Å². The van der Waals surface area contributed by atoms with Crippen LogP contribution < -0.4 is 5.32 Å². The quantitative estimate of drug-likeness (QED) is 0.498. The maximum Gasteiger partial charge on any atom is 0.142 e. The van der Waals surface area contributed by atoms with Crippen LogP contribution in [0.4, 0.5) is 0 Å². The SMILES string of the molecule is C=C(NC1=C(CC(=O)C(C)(C)C)C=C(I)CC1)C1(C)CCCCC1. The number of halogens is 1. The number of hydrogen-bond acceptors (Lipinski definition) is 2. The first-order chi connectivity index (χ1) is 11.1. The largest absolute Gasteiger partial charge is 0.362 e. The van der Waals surface area contributed by atoms with Crippen LogP contribution in [0.25, 0.3) is 0 Å². The summed E-state index contributed by atoms with van der Waals surface area (Å²) in [6.45, 7) is 12.7. The van der Waals surface area contributed by atoms with Crippen LogP contribution in [0.5, 0.6) is 0 Å². The van der Waals surface area contributed by atoms with Gasteiger partial charge in [0.2, 0.25) is 0 Å². The summed E-state index contributed by atoms with van der Waals surface area (Å²) in [7, 11) is 0. The second-order valence-corrected chi connectivity index (χ2v) is 10.1. The van der Waals surface area contributed by atoms with E-state index in [1.165, 1.54) is 41.4 Å². The van der Waals surface area contributed by atoms with Crippen molar-refractivity contribution in [3.8, 4) is 0 Å². The van der Waals surface area contributed by atoms with E-state index in [0.29, 0.717) is 12.2 Å². The Bertz CT molecular complexity index is 571. The molecule has 0 radical (unpaired) electrons. The van der Waals surface area contributed by atoms with E-state index in [1.54, 1.807) is 0 Å². The summed E-state index contributed by atoms with van der Waals surface area (Å²) in [6.07, 6.45) is 11.1. The van der Waals surface area contributed by atoms with Gasteiger partial charge in [-0.1, -0.05) is 53.5 Å². The molecule has 1 saturated carbocycles. The minimum absolute atomic E-state index is 0.193. The molecule has 0 aliphatic heterocycles. The van der Waals surface area contributed by atoms with Crippen molar-refractivity contribution in [2.75, 3.05) is 0 Å². The molecular formula is C21H32INO. The number of Topliss-reactive ketones (excluding diaryl/α,β-unsaturated/α-hetero) is 1. The predicted molar refractivity (Wildman–Crippen MR) is 111 cm³/mol. The van der Waals surface area contributed by atoms with Crippen molar-refractivity contribution in [2.24, 2.45) is 10.8 Å². The Balaban J connectivity index is 2.18. The standard InChI is InChI=1S/C21H32INO/c1-15(21(5)11-7-6-8-12-21)23-18-10-9-17(22)13-16(18)14-19(24)20(2,3)4/h13,23H,1,6-12,14H2,2-5H3. The molecule has 134 valence electrons. The van der Waals surface area contributed by atoms with E-state index >= 15 is 0 Å². The molecule has 2 nitrogen and oxygen atoms in total. The zero-order valence-electron chi connectivity index (χ0n) is 15.7. The summed E-state index contributed by atoms with van der Waals surface area (Å²) in [5, 5.41) is 3.64. The van der Waals surface area contributed by atoms with Crippen LogP contribution in [0.1, 0.15) is 79.1 Å². The third kappa shape index (κ3) is 4.96. The van der Waals surface area contributed by atoms with E-state index in [-0.39, 0.29) is 10.8 Å². The monoisotopic (exact) mass is 441 g/mol. The molecule has 0 spiro atoms. The molecule has 0 unspecified atom stereocenters. The molecule has 3 heteroatoms. The van der Waals surface area contributed by atoms with Gasteiger partial charge < -0.3 is 5.32 Å². The van der Waals surface area contributed by atoms with Crippen LogP contribution in [0.15, 0.2) is 33.2 Å².